The highest BCUT2D eigenvalue weighted by Gasteiger charge is 2.16. The number of hydrogen-bond donors (Lipinski definition) is 1. The predicted octanol–water partition coefficient (Wildman–Crippen LogP) is 2.93. The first-order chi connectivity index (χ1) is 9.89. The van der Waals surface area contributed by atoms with Crippen LogP contribution in [0.25, 0.3) is 11.1 Å². The molecule has 0 aliphatic heterocycles. The van der Waals surface area contributed by atoms with Crippen LogP contribution in [0.5, 0.6) is 0 Å². The van der Waals surface area contributed by atoms with Crippen molar-refractivity contribution in [3.05, 3.63) is 54.1 Å². The molecular formula is C16H19NO3S. The largest absolute Gasteiger partial charge is 0.374 e. The number of primary sulfonamides is 1. The van der Waals surface area contributed by atoms with E-state index in [1.54, 1.807) is 18.2 Å². The lowest BCUT2D eigenvalue weighted by molar-refractivity contribution is 0.0660. The molecule has 4 nitrogen and oxygen atoms in total. The molecule has 0 radical (unpaired) electrons. The molecule has 21 heavy (non-hydrogen) atoms. The summed E-state index contributed by atoms with van der Waals surface area (Å²) in [6, 6.07) is 14.3. The third kappa shape index (κ3) is 3.91. The molecule has 112 valence electrons. The van der Waals surface area contributed by atoms with Gasteiger partial charge in [0, 0.05) is 5.56 Å². The first-order valence-corrected chi connectivity index (χ1v) is 8.26. The van der Waals surface area contributed by atoms with E-state index in [1.807, 2.05) is 38.1 Å². The Kier molecular flexibility index (Phi) is 4.77. The predicted molar refractivity (Wildman–Crippen MR) is 83.2 cm³/mol. The van der Waals surface area contributed by atoms with E-state index in [0.717, 1.165) is 11.1 Å². The second kappa shape index (κ2) is 6.39. The van der Waals surface area contributed by atoms with Crippen LogP contribution in [0.15, 0.2) is 53.4 Å². The van der Waals surface area contributed by atoms with Gasteiger partial charge in [0.25, 0.3) is 0 Å². The van der Waals surface area contributed by atoms with Gasteiger partial charge in [0.05, 0.1) is 17.6 Å². The monoisotopic (exact) mass is 305 g/mol. The van der Waals surface area contributed by atoms with Gasteiger partial charge in [-0.2, -0.15) is 0 Å². The van der Waals surface area contributed by atoms with E-state index in [9.17, 15) is 8.42 Å². The van der Waals surface area contributed by atoms with Gasteiger partial charge in [-0.3, -0.25) is 0 Å². The van der Waals surface area contributed by atoms with E-state index in [4.69, 9.17) is 9.88 Å². The number of ether oxygens (including phenoxy) is 1. The van der Waals surface area contributed by atoms with Crippen LogP contribution >= 0.6 is 0 Å². The molecule has 0 aromatic heterocycles. The van der Waals surface area contributed by atoms with Crippen molar-refractivity contribution in [2.75, 3.05) is 0 Å². The Morgan fingerprint density at radius 1 is 1.00 bits per heavy atom. The fraction of sp³-hybridized carbons (Fsp3) is 0.250. The summed E-state index contributed by atoms with van der Waals surface area (Å²) in [6.45, 7) is 4.34. The van der Waals surface area contributed by atoms with Crippen LogP contribution in [-0.2, 0) is 21.4 Å². The topological polar surface area (TPSA) is 69.4 Å². The fourth-order valence-electron chi connectivity index (χ4n) is 2.10. The highest BCUT2D eigenvalue weighted by molar-refractivity contribution is 7.89. The molecule has 2 aromatic carbocycles. The van der Waals surface area contributed by atoms with Crippen molar-refractivity contribution >= 4 is 10.0 Å². The second-order valence-electron chi connectivity index (χ2n) is 5.06. The number of hydrogen-bond acceptors (Lipinski definition) is 3. The smallest absolute Gasteiger partial charge is 0.238 e. The molecule has 0 aliphatic carbocycles. The highest BCUT2D eigenvalue weighted by Crippen LogP contribution is 2.29. The van der Waals surface area contributed by atoms with Gasteiger partial charge in [-0.15, -0.1) is 0 Å². The molecule has 0 aliphatic rings. The minimum atomic E-state index is -3.77. The third-order valence-corrected chi connectivity index (χ3v) is 4.04. The lowest BCUT2D eigenvalue weighted by Gasteiger charge is -2.14. The molecule has 0 unspecified atom stereocenters. The van der Waals surface area contributed by atoms with Crippen LogP contribution in [-0.4, -0.2) is 14.5 Å². The summed E-state index contributed by atoms with van der Waals surface area (Å²) in [4.78, 5) is 0.127. The molecule has 0 saturated heterocycles. The van der Waals surface area contributed by atoms with Crippen LogP contribution in [0.2, 0.25) is 0 Å². The summed E-state index contributed by atoms with van der Waals surface area (Å²) in [5, 5.41) is 5.31. The lowest BCUT2D eigenvalue weighted by atomic mass is 10.00. The average molecular weight is 305 g/mol. The Bertz CT molecular complexity index is 724. The molecule has 0 fully saturated rings. The summed E-state index contributed by atoms with van der Waals surface area (Å²) in [6.07, 6.45) is 0.103. The fourth-order valence-corrected chi connectivity index (χ4v) is 2.86. The summed E-state index contributed by atoms with van der Waals surface area (Å²) < 4.78 is 29.1. The molecule has 5 heteroatoms. The third-order valence-electron chi connectivity index (χ3n) is 3.07. The van der Waals surface area contributed by atoms with E-state index in [0.29, 0.717) is 12.2 Å². The van der Waals surface area contributed by atoms with Crippen molar-refractivity contribution < 1.29 is 13.2 Å². The van der Waals surface area contributed by atoms with Gasteiger partial charge in [-0.25, -0.2) is 13.6 Å². The summed E-state index contributed by atoms with van der Waals surface area (Å²) in [7, 11) is -3.77. The molecule has 0 saturated carbocycles. The highest BCUT2D eigenvalue weighted by atomic mass is 32.2. The number of sulfonamides is 1. The molecule has 2 aromatic rings. The van der Waals surface area contributed by atoms with Gasteiger partial charge in [0.1, 0.15) is 0 Å². The van der Waals surface area contributed by atoms with E-state index in [-0.39, 0.29) is 11.0 Å². The lowest BCUT2D eigenvalue weighted by Crippen LogP contribution is -2.13. The maximum Gasteiger partial charge on any atom is 0.238 e. The van der Waals surface area contributed by atoms with Crippen molar-refractivity contribution in [1.82, 2.24) is 0 Å². The Morgan fingerprint density at radius 3 is 2.19 bits per heavy atom. The Hall–Kier alpha value is -1.69. The standard InChI is InChI=1S/C16H19NO3S/c1-12(2)20-11-13-7-3-4-8-14(13)15-9-5-6-10-16(15)21(17,18)19/h3-10,12H,11H2,1-2H3,(H2,17,18,19). The van der Waals surface area contributed by atoms with E-state index in [1.165, 1.54) is 6.07 Å². The Morgan fingerprint density at radius 2 is 1.57 bits per heavy atom. The summed E-state index contributed by atoms with van der Waals surface area (Å²) in [5.41, 5.74) is 2.35. The Labute approximate surface area is 125 Å². The maximum atomic E-state index is 11.8. The molecule has 0 bridgehead atoms. The first kappa shape index (κ1) is 15.7. The molecule has 0 heterocycles. The molecule has 0 amide bonds. The first-order valence-electron chi connectivity index (χ1n) is 6.71. The van der Waals surface area contributed by atoms with Gasteiger partial charge in [-0.05, 0) is 31.0 Å². The Balaban J connectivity index is 2.53. The van der Waals surface area contributed by atoms with Crippen LogP contribution in [0, 0.1) is 0 Å². The second-order valence-corrected chi connectivity index (χ2v) is 6.59. The normalized spacial score (nSPS) is 11.8. The van der Waals surface area contributed by atoms with Crippen LogP contribution in [0.3, 0.4) is 0 Å². The SMILES string of the molecule is CC(C)OCc1ccccc1-c1ccccc1S(N)(=O)=O. The van der Waals surface area contributed by atoms with Crippen molar-refractivity contribution in [3.63, 3.8) is 0 Å². The number of rotatable bonds is 5. The quantitative estimate of drug-likeness (QED) is 0.923. The average Bonchev–Trinajstić information content (AvgIpc) is 2.44. The van der Waals surface area contributed by atoms with Gasteiger partial charge < -0.3 is 4.74 Å². The van der Waals surface area contributed by atoms with Gasteiger partial charge >= 0.3 is 0 Å². The molecule has 2 rings (SSSR count). The number of benzene rings is 2. The zero-order valence-corrected chi connectivity index (χ0v) is 12.9. The number of nitrogens with two attached hydrogens (primary N) is 1. The van der Waals surface area contributed by atoms with Crippen molar-refractivity contribution in [3.8, 4) is 11.1 Å². The van der Waals surface area contributed by atoms with E-state index >= 15 is 0 Å². The molecule has 0 spiro atoms. The minimum absolute atomic E-state index is 0.103. The van der Waals surface area contributed by atoms with E-state index < -0.39 is 10.0 Å². The van der Waals surface area contributed by atoms with Crippen molar-refractivity contribution in [2.24, 2.45) is 5.14 Å². The van der Waals surface area contributed by atoms with Crippen LogP contribution in [0.4, 0.5) is 0 Å². The van der Waals surface area contributed by atoms with E-state index in [2.05, 4.69) is 0 Å². The summed E-state index contributed by atoms with van der Waals surface area (Å²) in [5.74, 6) is 0. The van der Waals surface area contributed by atoms with Gasteiger partial charge in [0.15, 0.2) is 0 Å². The van der Waals surface area contributed by atoms with Crippen molar-refractivity contribution in [1.29, 1.82) is 0 Å². The minimum Gasteiger partial charge on any atom is -0.374 e. The van der Waals surface area contributed by atoms with Crippen LogP contribution < -0.4 is 5.14 Å². The zero-order chi connectivity index (χ0) is 15.5. The molecular weight excluding hydrogens is 286 g/mol. The van der Waals surface area contributed by atoms with Crippen molar-refractivity contribution in [2.45, 2.75) is 31.5 Å². The molecule has 2 N–H and O–H groups in total. The van der Waals surface area contributed by atoms with Gasteiger partial charge in [-0.1, -0.05) is 42.5 Å². The maximum absolute atomic E-state index is 11.8. The zero-order valence-electron chi connectivity index (χ0n) is 12.1. The summed E-state index contributed by atoms with van der Waals surface area (Å²) >= 11 is 0. The van der Waals surface area contributed by atoms with Gasteiger partial charge in [0.2, 0.25) is 10.0 Å². The molecule has 0 atom stereocenters. The van der Waals surface area contributed by atoms with Crippen LogP contribution in [0.1, 0.15) is 19.4 Å².